The Morgan fingerprint density at radius 2 is 2.10 bits per heavy atom. The highest BCUT2D eigenvalue weighted by Gasteiger charge is 2.17. The minimum Gasteiger partial charge on any atom is -0.382 e. The van der Waals surface area contributed by atoms with Crippen LogP contribution in [0.15, 0.2) is 18.2 Å². The van der Waals surface area contributed by atoms with Gasteiger partial charge in [0.05, 0.1) is 4.92 Å². The predicted molar refractivity (Wildman–Crippen MR) is 77.7 cm³/mol. The molecule has 7 nitrogen and oxygen atoms in total. The lowest BCUT2D eigenvalue weighted by molar-refractivity contribution is -0.384. The molecule has 0 atom stereocenters. The van der Waals surface area contributed by atoms with Crippen molar-refractivity contribution in [3.8, 4) is 0 Å². The van der Waals surface area contributed by atoms with E-state index in [1.807, 2.05) is 18.0 Å². The number of carbonyl (C=O) groups excluding carboxylic acids is 1. The first kappa shape index (κ1) is 15.9. The number of rotatable bonds is 7. The first-order valence-electron chi connectivity index (χ1n) is 6.32. The Bertz CT molecular complexity index is 491. The molecule has 2 N–H and O–H groups in total. The number of hydrogen-bond acceptors (Lipinski definition) is 5. The molecule has 1 aromatic rings. The lowest BCUT2D eigenvalue weighted by Crippen LogP contribution is -2.26. The van der Waals surface area contributed by atoms with Crippen molar-refractivity contribution >= 4 is 17.3 Å². The molecule has 20 heavy (non-hydrogen) atoms. The predicted octanol–water partition coefficient (Wildman–Crippen LogP) is 1.20. The van der Waals surface area contributed by atoms with E-state index in [-0.39, 0.29) is 11.6 Å². The highest BCUT2D eigenvalue weighted by molar-refractivity contribution is 5.75. The number of amides is 1. The lowest BCUT2D eigenvalue weighted by Gasteiger charge is -2.18. The fraction of sp³-hybridized carbons (Fsp3) is 0.462. The second-order valence-electron chi connectivity index (χ2n) is 4.48. The number of nitrogens with one attached hydrogen (secondary N) is 2. The van der Waals surface area contributed by atoms with Gasteiger partial charge in [0.25, 0.3) is 5.69 Å². The maximum Gasteiger partial charge on any atom is 0.292 e. The van der Waals surface area contributed by atoms with Crippen LogP contribution < -0.4 is 10.6 Å². The average molecular weight is 280 g/mol. The molecule has 0 saturated carbocycles. The fourth-order valence-corrected chi connectivity index (χ4v) is 1.95. The number of anilines is 1. The van der Waals surface area contributed by atoms with Crippen LogP contribution in [0.4, 0.5) is 11.4 Å². The lowest BCUT2D eigenvalue weighted by atomic mass is 10.1. The summed E-state index contributed by atoms with van der Waals surface area (Å²) in [5.41, 5.74) is 1.41. The van der Waals surface area contributed by atoms with Gasteiger partial charge in [0.2, 0.25) is 5.91 Å². The van der Waals surface area contributed by atoms with Crippen LogP contribution in [0.3, 0.4) is 0 Å². The second kappa shape index (κ2) is 7.44. The Kier molecular flexibility index (Phi) is 5.92. The molecule has 110 valence electrons. The molecule has 0 bridgehead atoms. The Morgan fingerprint density at radius 1 is 1.40 bits per heavy atom. The molecule has 0 saturated heterocycles. The highest BCUT2D eigenvalue weighted by atomic mass is 16.6. The quantitative estimate of drug-likeness (QED) is 0.579. The molecule has 0 aliphatic carbocycles. The van der Waals surface area contributed by atoms with Gasteiger partial charge in [0.15, 0.2) is 0 Å². The molecule has 0 aliphatic rings. The minimum atomic E-state index is -0.403. The van der Waals surface area contributed by atoms with Crippen molar-refractivity contribution in [1.82, 2.24) is 10.2 Å². The SMILES string of the molecule is CNC(=O)CCN(C)Cc1cccc([N+](=O)[O-])c1NC. The molecule has 0 aromatic heterocycles. The number of carbonyl (C=O) groups is 1. The summed E-state index contributed by atoms with van der Waals surface area (Å²) in [5, 5.41) is 16.4. The molecule has 0 unspecified atom stereocenters. The van der Waals surface area contributed by atoms with Crippen molar-refractivity contribution < 1.29 is 9.72 Å². The Balaban J connectivity index is 2.79. The van der Waals surface area contributed by atoms with Gasteiger partial charge in [-0.25, -0.2) is 0 Å². The summed E-state index contributed by atoms with van der Waals surface area (Å²) in [5.74, 6) is -0.0234. The van der Waals surface area contributed by atoms with Crippen molar-refractivity contribution in [3.05, 3.63) is 33.9 Å². The summed E-state index contributed by atoms with van der Waals surface area (Å²) in [6, 6.07) is 4.98. The van der Waals surface area contributed by atoms with Gasteiger partial charge in [0.1, 0.15) is 5.69 Å². The summed E-state index contributed by atoms with van der Waals surface area (Å²) < 4.78 is 0. The number of nitro benzene ring substituents is 1. The molecular weight excluding hydrogens is 260 g/mol. The van der Waals surface area contributed by atoms with Gasteiger partial charge in [-0.15, -0.1) is 0 Å². The van der Waals surface area contributed by atoms with Gasteiger partial charge < -0.3 is 15.5 Å². The molecular formula is C13H20N4O3. The van der Waals surface area contributed by atoms with E-state index in [0.717, 1.165) is 5.56 Å². The minimum absolute atomic E-state index is 0.0234. The molecule has 1 aromatic carbocycles. The fourth-order valence-electron chi connectivity index (χ4n) is 1.95. The summed E-state index contributed by atoms with van der Waals surface area (Å²) >= 11 is 0. The summed E-state index contributed by atoms with van der Waals surface area (Å²) in [7, 11) is 5.14. The second-order valence-corrected chi connectivity index (χ2v) is 4.48. The van der Waals surface area contributed by atoms with Crippen molar-refractivity contribution in [3.63, 3.8) is 0 Å². The zero-order chi connectivity index (χ0) is 15.1. The maximum absolute atomic E-state index is 11.2. The van der Waals surface area contributed by atoms with Crippen molar-refractivity contribution in [2.24, 2.45) is 0 Å². The molecule has 0 fully saturated rings. The average Bonchev–Trinajstić information content (AvgIpc) is 2.44. The largest absolute Gasteiger partial charge is 0.382 e. The molecule has 0 aliphatic heterocycles. The van der Waals surface area contributed by atoms with Crippen LogP contribution in [-0.4, -0.2) is 43.4 Å². The number of nitro groups is 1. The van der Waals surface area contributed by atoms with E-state index in [1.54, 1.807) is 20.2 Å². The topological polar surface area (TPSA) is 87.5 Å². The zero-order valence-electron chi connectivity index (χ0n) is 12.0. The van der Waals surface area contributed by atoms with Gasteiger partial charge in [-0.2, -0.15) is 0 Å². The zero-order valence-corrected chi connectivity index (χ0v) is 12.0. The molecule has 1 amide bonds. The Morgan fingerprint density at radius 3 is 2.65 bits per heavy atom. The summed E-state index contributed by atoms with van der Waals surface area (Å²) in [6.45, 7) is 1.13. The molecule has 0 radical (unpaired) electrons. The Labute approximate surface area is 118 Å². The third kappa shape index (κ3) is 4.20. The highest BCUT2D eigenvalue weighted by Crippen LogP contribution is 2.28. The standard InChI is InChI=1S/C13H20N4O3/c1-14-12(18)7-8-16(3)9-10-5-4-6-11(17(19)20)13(10)15-2/h4-6,15H,7-9H2,1-3H3,(H,14,18). The Hall–Kier alpha value is -2.15. The van der Waals surface area contributed by atoms with Crippen LogP contribution in [0.5, 0.6) is 0 Å². The number of para-hydroxylation sites is 1. The van der Waals surface area contributed by atoms with E-state index >= 15 is 0 Å². The molecule has 1 rings (SSSR count). The van der Waals surface area contributed by atoms with Crippen molar-refractivity contribution in [2.75, 3.05) is 33.0 Å². The van der Waals surface area contributed by atoms with Crippen LogP contribution in [0, 0.1) is 10.1 Å². The summed E-state index contributed by atoms with van der Waals surface area (Å²) in [4.78, 5) is 23.7. The number of benzene rings is 1. The van der Waals surface area contributed by atoms with Crippen LogP contribution in [-0.2, 0) is 11.3 Å². The third-order valence-corrected chi connectivity index (χ3v) is 3.02. The number of hydrogen-bond donors (Lipinski definition) is 2. The first-order chi connectivity index (χ1) is 9.49. The van der Waals surface area contributed by atoms with E-state index < -0.39 is 4.92 Å². The van der Waals surface area contributed by atoms with Gasteiger partial charge in [-0.05, 0) is 12.6 Å². The maximum atomic E-state index is 11.2. The monoisotopic (exact) mass is 280 g/mol. The van der Waals surface area contributed by atoms with Crippen LogP contribution in [0.2, 0.25) is 0 Å². The van der Waals surface area contributed by atoms with Gasteiger partial charge in [-0.1, -0.05) is 12.1 Å². The van der Waals surface area contributed by atoms with E-state index in [9.17, 15) is 14.9 Å². The first-order valence-corrected chi connectivity index (χ1v) is 6.32. The smallest absolute Gasteiger partial charge is 0.292 e. The van der Waals surface area contributed by atoms with Crippen LogP contribution >= 0.6 is 0 Å². The van der Waals surface area contributed by atoms with Crippen molar-refractivity contribution in [2.45, 2.75) is 13.0 Å². The van der Waals surface area contributed by atoms with Crippen molar-refractivity contribution in [1.29, 1.82) is 0 Å². The van der Waals surface area contributed by atoms with Gasteiger partial charge in [-0.3, -0.25) is 14.9 Å². The third-order valence-electron chi connectivity index (χ3n) is 3.02. The van der Waals surface area contributed by atoms with E-state index in [1.165, 1.54) is 6.07 Å². The number of nitrogens with zero attached hydrogens (tertiary/aromatic N) is 2. The molecule has 7 heteroatoms. The molecule has 0 spiro atoms. The van der Waals surface area contributed by atoms with Gasteiger partial charge >= 0.3 is 0 Å². The van der Waals surface area contributed by atoms with Crippen LogP contribution in [0.25, 0.3) is 0 Å². The summed E-state index contributed by atoms with van der Waals surface area (Å²) in [6.07, 6.45) is 0.400. The molecule has 0 heterocycles. The van der Waals surface area contributed by atoms with E-state index in [2.05, 4.69) is 10.6 Å². The van der Waals surface area contributed by atoms with Crippen LogP contribution in [0.1, 0.15) is 12.0 Å². The van der Waals surface area contributed by atoms with E-state index in [0.29, 0.717) is 25.2 Å². The van der Waals surface area contributed by atoms with Gasteiger partial charge in [0, 0.05) is 39.7 Å². The normalized spacial score (nSPS) is 10.4. The van der Waals surface area contributed by atoms with E-state index in [4.69, 9.17) is 0 Å².